The molecule has 0 bridgehead atoms. The maximum atomic E-state index is 12.4. The first-order valence-electron chi connectivity index (χ1n) is 7.10. The third-order valence-electron chi connectivity index (χ3n) is 3.25. The molecule has 20 heavy (non-hydrogen) atoms. The number of nitrogens with zero attached hydrogens (tertiary/aromatic N) is 2. The minimum absolute atomic E-state index is 0.00733. The summed E-state index contributed by atoms with van der Waals surface area (Å²) < 4.78 is 0. The molecule has 1 unspecified atom stereocenters. The fourth-order valence-corrected chi connectivity index (χ4v) is 1.90. The van der Waals surface area contributed by atoms with E-state index >= 15 is 0 Å². The van der Waals surface area contributed by atoms with Gasteiger partial charge in [-0.25, -0.2) is 0 Å². The van der Waals surface area contributed by atoms with Gasteiger partial charge in [-0.3, -0.25) is 9.78 Å². The summed E-state index contributed by atoms with van der Waals surface area (Å²) in [6.07, 6.45) is 7.19. The average Bonchev–Trinajstić information content (AvgIpc) is 2.46. The molecule has 110 valence electrons. The van der Waals surface area contributed by atoms with Crippen molar-refractivity contribution in [3.05, 3.63) is 42.7 Å². The van der Waals surface area contributed by atoms with E-state index in [2.05, 4.69) is 11.6 Å². The molecule has 0 radical (unpaired) electrons. The van der Waals surface area contributed by atoms with Crippen LogP contribution in [0, 0.1) is 5.92 Å². The first-order chi connectivity index (χ1) is 9.56. The summed E-state index contributed by atoms with van der Waals surface area (Å²) >= 11 is 0. The highest BCUT2D eigenvalue weighted by Gasteiger charge is 2.23. The van der Waals surface area contributed by atoms with E-state index in [4.69, 9.17) is 5.73 Å². The summed E-state index contributed by atoms with van der Waals surface area (Å²) in [6.45, 7) is 8.90. The first-order valence-corrected chi connectivity index (χ1v) is 7.10. The van der Waals surface area contributed by atoms with Gasteiger partial charge in [0.25, 0.3) is 0 Å². The highest BCUT2D eigenvalue weighted by atomic mass is 16.2. The number of allylic oxidation sites excluding steroid dienone is 1. The van der Waals surface area contributed by atoms with Crippen LogP contribution in [0.1, 0.15) is 32.3 Å². The summed E-state index contributed by atoms with van der Waals surface area (Å²) in [4.78, 5) is 18.4. The molecule has 0 fully saturated rings. The molecule has 0 aromatic carbocycles. The second-order valence-electron chi connectivity index (χ2n) is 5.32. The van der Waals surface area contributed by atoms with Gasteiger partial charge in [0.2, 0.25) is 5.91 Å². The Labute approximate surface area is 121 Å². The number of hydrogen-bond acceptors (Lipinski definition) is 3. The van der Waals surface area contributed by atoms with Crippen molar-refractivity contribution in [3.63, 3.8) is 0 Å². The molecule has 0 aliphatic carbocycles. The summed E-state index contributed by atoms with van der Waals surface area (Å²) in [6, 6.07) is 3.40. The van der Waals surface area contributed by atoms with Crippen molar-refractivity contribution in [1.29, 1.82) is 0 Å². The van der Waals surface area contributed by atoms with Gasteiger partial charge in [0.05, 0.1) is 6.04 Å². The summed E-state index contributed by atoms with van der Waals surface area (Å²) in [5.41, 5.74) is 7.02. The van der Waals surface area contributed by atoms with Crippen molar-refractivity contribution in [3.8, 4) is 0 Å². The van der Waals surface area contributed by atoms with Crippen LogP contribution in [0.2, 0.25) is 0 Å². The van der Waals surface area contributed by atoms with Gasteiger partial charge in [-0.05, 0) is 30.4 Å². The Balaban J connectivity index is 2.73. The van der Waals surface area contributed by atoms with Crippen molar-refractivity contribution in [2.24, 2.45) is 11.7 Å². The molecule has 1 atom stereocenters. The lowest BCUT2D eigenvalue weighted by Gasteiger charge is -2.27. The van der Waals surface area contributed by atoms with Crippen LogP contribution >= 0.6 is 0 Å². The normalized spacial score (nSPS) is 12.2. The maximum absolute atomic E-state index is 12.4. The van der Waals surface area contributed by atoms with Gasteiger partial charge in [-0.2, -0.15) is 0 Å². The van der Waals surface area contributed by atoms with Crippen LogP contribution < -0.4 is 5.73 Å². The van der Waals surface area contributed by atoms with Crippen LogP contribution in [0.25, 0.3) is 0 Å². The van der Waals surface area contributed by atoms with Crippen molar-refractivity contribution in [2.45, 2.75) is 39.3 Å². The van der Waals surface area contributed by atoms with Gasteiger partial charge in [-0.15, -0.1) is 6.58 Å². The number of pyridine rings is 1. The summed E-state index contributed by atoms with van der Waals surface area (Å²) in [5.74, 6) is 0.145. The molecular formula is C16H25N3O. The van der Waals surface area contributed by atoms with Crippen LogP contribution in [0.3, 0.4) is 0 Å². The number of rotatable bonds is 8. The summed E-state index contributed by atoms with van der Waals surface area (Å²) in [5, 5.41) is 0. The third-order valence-corrected chi connectivity index (χ3v) is 3.25. The monoisotopic (exact) mass is 275 g/mol. The molecule has 1 aromatic rings. The van der Waals surface area contributed by atoms with Crippen molar-refractivity contribution in [1.82, 2.24) is 9.88 Å². The van der Waals surface area contributed by atoms with Crippen molar-refractivity contribution in [2.75, 3.05) is 6.54 Å². The molecule has 0 saturated heterocycles. The van der Waals surface area contributed by atoms with E-state index in [-0.39, 0.29) is 11.8 Å². The number of amides is 1. The molecule has 0 aliphatic heterocycles. The van der Waals surface area contributed by atoms with Gasteiger partial charge in [0.1, 0.15) is 0 Å². The van der Waals surface area contributed by atoms with Crippen LogP contribution in [0.15, 0.2) is 37.2 Å². The Morgan fingerprint density at radius 1 is 1.55 bits per heavy atom. The van der Waals surface area contributed by atoms with Gasteiger partial charge >= 0.3 is 0 Å². The highest BCUT2D eigenvalue weighted by Crippen LogP contribution is 2.10. The zero-order valence-electron chi connectivity index (χ0n) is 12.5. The van der Waals surface area contributed by atoms with E-state index in [0.717, 1.165) is 18.4 Å². The molecule has 0 spiro atoms. The molecule has 4 heteroatoms. The smallest absolute Gasteiger partial charge is 0.240 e. The molecule has 1 aromatic heterocycles. The zero-order valence-corrected chi connectivity index (χ0v) is 12.5. The number of carbonyl (C=O) groups is 1. The molecule has 1 amide bonds. The molecular weight excluding hydrogens is 250 g/mol. The van der Waals surface area contributed by atoms with Gasteiger partial charge < -0.3 is 10.6 Å². The van der Waals surface area contributed by atoms with Crippen molar-refractivity contribution >= 4 is 5.91 Å². The van der Waals surface area contributed by atoms with E-state index in [1.807, 2.05) is 37.0 Å². The zero-order chi connectivity index (χ0) is 15.0. The molecule has 4 nitrogen and oxygen atoms in total. The predicted molar refractivity (Wildman–Crippen MR) is 81.9 cm³/mol. The Bertz CT molecular complexity index is 417. The van der Waals surface area contributed by atoms with E-state index in [1.54, 1.807) is 12.4 Å². The minimum Gasteiger partial charge on any atom is -0.337 e. The summed E-state index contributed by atoms with van der Waals surface area (Å²) in [7, 11) is 0. The lowest BCUT2D eigenvalue weighted by Crippen LogP contribution is -2.46. The lowest BCUT2D eigenvalue weighted by molar-refractivity contribution is -0.134. The fourth-order valence-electron chi connectivity index (χ4n) is 1.90. The van der Waals surface area contributed by atoms with Gasteiger partial charge in [0.15, 0.2) is 0 Å². The first kappa shape index (κ1) is 16.4. The highest BCUT2D eigenvalue weighted by molar-refractivity contribution is 5.81. The molecule has 0 saturated carbocycles. The number of hydrogen-bond donors (Lipinski definition) is 1. The van der Waals surface area contributed by atoms with E-state index in [9.17, 15) is 4.79 Å². The van der Waals surface area contributed by atoms with E-state index < -0.39 is 6.04 Å². The molecule has 2 N–H and O–H groups in total. The van der Waals surface area contributed by atoms with Crippen molar-refractivity contribution < 1.29 is 4.79 Å². The number of carbonyl (C=O) groups excluding carboxylic acids is 1. The molecule has 0 aliphatic rings. The molecule has 1 heterocycles. The van der Waals surface area contributed by atoms with Crippen LogP contribution in [-0.4, -0.2) is 28.4 Å². The Morgan fingerprint density at radius 3 is 2.85 bits per heavy atom. The quantitative estimate of drug-likeness (QED) is 0.585. The molecule has 1 rings (SSSR count). The maximum Gasteiger partial charge on any atom is 0.240 e. The van der Waals surface area contributed by atoms with Gasteiger partial charge in [0, 0.05) is 25.5 Å². The second-order valence-corrected chi connectivity index (χ2v) is 5.32. The van der Waals surface area contributed by atoms with Crippen LogP contribution in [0.4, 0.5) is 0 Å². The fraction of sp³-hybridized carbons (Fsp3) is 0.500. The largest absolute Gasteiger partial charge is 0.337 e. The van der Waals surface area contributed by atoms with E-state index in [0.29, 0.717) is 13.1 Å². The third kappa shape index (κ3) is 5.13. The number of aromatic nitrogens is 1. The standard InChI is InChI=1S/C16H25N3O/c1-4-5-6-10-19(16(20)15(17)13(2)3)12-14-8-7-9-18-11-14/h4,7-9,11,13,15H,1,5-6,10,12,17H2,2-3H3. The topological polar surface area (TPSA) is 59.2 Å². The predicted octanol–water partition coefficient (Wildman–Crippen LogP) is 2.36. The SMILES string of the molecule is C=CCCCN(Cc1cccnc1)C(=O)C(N)C(C)C. The minimum atomic E-state index is -0.449. The average molecular weight is 275 g/mol. The Morgan fingerprint density at radius 2 is 2.30 bits per heavy atom. The lowest BCUT2D eigenvalue weighted by atomic mass is 10.0. The van der Waals surface area contributed by atoms with Gasteiger partial charge in [-0.1, -0.05) is 26.0 Å². The van der Waals surface area contributed by atoms with E-state index in [1.165, 1.54) is 0 Å². The Hall–Kier alpha value is -1.68. The van der Waals surface area contributed by atoms with Crippen LogP contribution in [-0.2, 0) is 11.3 Å². The van der Waals surface area contributed by atoms with Crippen LogP contribution in [0.5, 0.6) is 0 Å². The Kier molecular flexibility index (Phi) is 6.94. The number of unbranched alkanes of at least 4 members (excludes halogenated alkanes) is 1. The second kappa shape index (κ2) is 8.48. The number of nitrogens with two attached hydrogens (primary N) is 1.